The quantitative estimate of drug-likeness (QED) is 0.882. The third kappa shape index (κ3) is 3.38. The summed E-state index contributed by atoms with van der Waals surface area (Å²) >= 11 is 0. The van der Waals surface area contributed by atoms with Gasteiger partial charge < -0.3 is 14.9 Å². The summed E-state index contributed by atoms with van der Waals surface area (Å²) in [5.74, 6) is -2.26. The van der Waals surface area contributed by atoms with Gasteiger partial charge in [-0.15, -0.1) is 0 Å². The first-order chi connectivity index (χ1) is 13.4. The highest BCUT2D eigenvalue weighted by Gasteiger charge is 2.50. The van der Waals surface area contributed by atoms with Crippen LogP contribution in [0.15, 0.2) is 42.5 Å². The maximum absolute atomic E-state index is 13.9. The second-order valence-corrected chi connectivity index (χ2v) is 7.29. The van der Waals surface area contributed by atoms with Crippen molar-refractivity contribution in [2.24, 2.45) is 0 Å². The standard InChI is InChI=1S/C21H20F2N2O3/c22-17-3-1-2-16(18(17)23)14-4-6-15(7-5-14)19(26)24-10-12-25(13-11-24)20(27)21(28)8-9-21/h1-7,28H,8-13H2. The number of hydrogen-bond donors (Lipinski definition) is 1. The van der Waals surface area contributed by atoms with Gasteiger partial charge in [0.1, 0.15) is 5.60 Å². The van der Waals surface area contributed by atoms with Crippen LogP contribution in [-0.4, -0.2) is 58.5 Å². The average molecular weight is 386 g/mol. The Kier molecular flexibility index (Phi) is 4.63. The number of hydrogen-bond acceptors (Lipinski definition) is 3. The smallest absolute Gasteiger partial charge is 0.254 e. The van der Waals surface area contributed by atoms with Crippen molar-refractivity contribution in [3.05, 3.63) is 59.7 Å². The summed E-state index contributed by atoms with van der Waals surface area (Å²) in [5, 5.41) is 9.94. The number of rotatable bonds is 3. The summed E-state index contributed by atoms with van der Waals surface area (Å²) in [5.41, 5.74) is -0.110. The van der Waals surface area contributed by atoms with Gasteiger partial charge in [0, 0.05) is 37.3 Å². The molecule has 28 heavy (non-hydrogen) atoms. The van der Waals surface area contributed by atoms with Crippen molar-refractivity contribution >= 4 is 11.8 Å². The lowest BCUT2D eigenvalue weighted by Gasteiger charge is -2.35. The molecular formula is C21H20F2N2O3. The molecular weight excluding hydrogens is 366 g/mol. The van der Waals surface area contributed by atoms with Gasteiger partial charge in [0.15, 0.2) is 11.6 Å². The molecule has 5 nitrogen and oxygen atoms in total. The fraction of sp³-hybridized carbons (Fsp3) is 0.333. The Bertz CT molecular complexity index is 918. The molecule has 1 saturated carbocycles. The Morgan fingerprint density at radius 1 is 0.893 bits per heavy atom. The Labute approximate surface area is 161 Å². The minimum Gasteiger partial charge on any atom is -0.380 e. The van der Waals surface area contributed by atoms with Gasteiger partial charge in [-0.2, -0.15) is 0 Å². The summed E-state index contributed by atoms with van der Waals surface area (Å²) in [6, 6.07) is 10.3. The molecule has 0 unspecified atom stereocenters. The number of piperazine rings is 1. The van der Waals surface area contributed by atoms with Crippen LogP contribution in [0, 0.1) is 11.6 Å². The number of carbonyl (C=O) groups excluding carboxylic acids is 2. The zero-order valence-corrected chi connectivity index (χ0v) is 15.2. The molecule has 146 valence electrons. The van der Waals surface area contributed by atoms with Crippen LogP contribution in [0.1, 0.15) is 23.2 Å². The minimum absolute atomic E-state index is 0.143. The van der Waals surface area contributed by atoms with Crippen molar-refractivity contribution in [3.8, 4) is 11.1 Å². The average Bonchev–Trinajstić information content (AvgIpc) is 3.48. The Balaban J connectivity index is 1.42. The van der Waals surface area contributed by atoms with E-state index in [2.05, 4.69) is 0 Å². The fourth-order valence-corrected chi connectivity index (χ4v) is 3.44. The van der Waals surface area contributed by atoms with E-state index in [-0.39, 0.29) is 17.4 Å². The van der Waals surface area contributed by atoms with Gasteiger partial charge in [0.25, 0.3) is 11.8 Å². The predicted octanol–water partition coefficient (Wildman–Crippen LogP) is 2.44. The molecule has 0 bridgehead atoms. The van der Waals surface area contributed by atoms with E-state index in [9.17, 15) is 23.5 Å². The molecule has 2 aliphatic rings. The van der Waals surface area contributed by atoms with Crippen LogP contribution >= 0.6 is 0 Å². The number of benzene rings is 2. The second kappa shape index (κ2) is 6.98. The van der Waals surface area contributed by atoms with E-state index in [0.29, 0.717) is 50.1 Å². The summed E-state index contributed by atoms with van der Waals surface area (Å²) in [7, 11) is 0. The van der Waals surface area contributed by atoms with E-state index >= 15 is 0 Å². The van der Waals surface area contributed by atoms with E-state index in [1.54, 1.807) is 34.1 Å². The summed E-state index contributed by atoms with van der Waals surface area (Å²) in [6.45, 7) is 1.56. The normalized spacial score (nSPS) is 18.1. The van der Waals surface area contributed by atoms with Crippen LogP contribution in [0.4, 0.5) is 8.78 Å². The topological polar surface area (TPSA) is 60.9 Å². The maximum atomic E-state index is 13.9. The van der Waals surface area contributed by atoms with Crippen molar-refractivity contribution in [2.75, 3.05) is 26.2 Å². The number of amides is 2. The maximum Gasteiger partial charge on any atom is 0.254 e. The monoisotopic (exact) mass is 386 g/mol. The van der Waals surface area contributed by atoms with Crippen LogP contribution in [0.2, 0.25) is 0 Å². The van der Waals surface area contributed by atoms with Crippen LogP contribution in [-0.2, 0) is 4.79 Å². The van der Waals surface area contributed by atoms with E-state index in [1.807, 2.05) is 0 Å². The molecule has 2 aromatic carbocycles. The molecule has 1 N–H and O–H groups in total. The third-order valence-corrected chi connectivity index (χ3v) is 5.37. The third-order valence-electron chi connectivity index (χ3n) is 5.37. The van der Waals surface area contributed by atoms with E-state index in [0.717, 1.165) is 6.07 Å². The van der Waals surface area contributed by atoms with Crippen molar-refractivity contribution in [1.82, 2.24) is 9.80 Å². The first-order valence-electron chi connectivity index (χ1n) is 9.24. The molecule has 0 radical (unpaired) electrons. The number of carbonyl (C=O) groups is 2. The molecule has 2 amide bonds. The van der Waals surface area contributed by atoms with Crippen LogP contribution < -0.4 is 0 Å². The fourth-order valence-electron chi connectivity index (χ4n) is 3.44. The van der Waals surface area contributed by atoms with Gasteiger partial charge in [-0.1, -0.05) is 24.3 Å². The molecule has 4 rings (SSSR count). The van der Waals surface area contributed by atoms with E-state index < -0.39 is 17.2 Å². The lowest BCUT2D eigenvalue weighted by atomic mass is 10.0. The Morgan fingerprint density at radius 3 is 2.11 bits per heavy atom. The summed E-state index contributed by atoms with van der Waals surface area (Å²) in [4.78, 5) is 28.1. The Hall–Kier alpha value is -2.80. The second-order valence-electron chi connectivity index (χ2n) is 7.29. The van der Waals surface area contributed by atoms with Gasteiger partial charge in [0.05, 0.1) is 0 Å². The molecule has 0 atom stereocenters. The Morgan fingerprint density at radius 2 is 1.50 bits per heavy atom. The molecule has 0 aromatic heterocycles. The molecule has 1 saturated heterocycles. The molecule has 1 heterocycles. The first-order valence-corrected chi connectivity index (χ1v) is 9.24. The molecule has 7 heteroatoms. The SMILES string of the molecule is O=C(c1ccc(-c2cccc(F)c2F)cc1)N1CCN(C(=O)C2(O)CC2)CC1. The van der Waals surface area contributed by atoms with Crippen LogP contribution in [0.3, 0.4) is 0 Å². The first kappa shape index (κ1) is 18.6. The van der Waals surface area contributed by atoms with E-state index in [4.69, 9.17) is 0 Å². The highest BCUT2D eigenvalue weighted by Crippen LogP contribution is 2.37. The highest BCUT2D eigenvalue weighted by atomic mass is 19.2. The van der Waals surface area contributed by atoms with Crippen molar-refractivity contribution < 1.29 is 23.5 Å². The van der Waals surface area contributed by atoms with Crippen LogP contribution in [0.5, 0.6) is 0 Å². The molecule has 1 aliphatic heterocycles. The zero-order chi connectivity index (χ0) is 19.9. The van der Waals surface area contributed by atoms with Gasteiger partial charge in [-0.05, 0) is 36.6 Å². The van der Waals surface area contributed by atoms with E-state index in [1.165, 1.54) is 12.1 Å². The lowest BCUT2D eigenvalue weighted by molar-refractivity contribution is -0.143. The summed E-state index contributed by atoms with van der Waals surface area (Å²) < 4.78 is 27.3. The number of aliphatic hydroxyl groups is 1. The lowest BCUT2D eigenvalue weighted by Crippen LogP contribution is -2.53. The highest BCUT2D eigenvalue weighted by molar-refractivity contribution is 5.95. The zero-order valence-electron chi connectivity index (χ0n) is 15.2. The van der Waals surface area contributed by atoms with Crippen LogP contribution in [0.25, 0.3) is 11.1 Å². The van der Waals surface area contributed by atoms with Gasteiger partial charge in [-0.3, -0.25) is 9.59 Å². The minimum atomic E-state index is -1.19. The molecule has 0 spiro atoms. The molecule has 2 fully saturated rings. The van der Waals surface area contributed by atoms with Gasteiger partial charge in [0.2, 0.25) is 0 Å². The number of nitrogens with zero attached hydrogens (tertiary/aromatic N) is 2. The van der Waals surface area contributed by atoms with Crippen molar-refractivity contribution in [2.45, 2.75) is 18.4 Å². The van der Waals surface area contributed by atoms with Crippen molar-refractivity contribution in [3.63, 3.8) is 0 Å². The molecule has 2 aromatic rings. The largest absolute Gasteiger partial charge is 0.380 e. The van der Waals surface area contributed by atoms with Gasteiger partial charge >= 0.3 is 0 Å². The molecule has 1 aliphatic carbocycles. The van der Waals surface area contributed by atoms with Gasteiger partial charge in [-0.25, -0.2) is 8.78 Å². The van der Waals surface area contributed by atoms with Crippen molar-refractivity contribution in [1.29, 1.82) is 0 Å². The predicted molar refractivity (Wildman–Crippen MR) is 98.5 cm³/mol. The summed E-state index contributed by atoms with van der Waals surface area (Å²) in [6.07, 6.45) is 1.01. The number of halogens is 2.